The highest BCUT2D eigenvalue weighted by molar-refractivity contribution is 5.78. The maximum absolute atomic E-state index is 13.1. The molecule has 0 aromatic heterocycles. The average molecular weight is 182 g/mol. The monoisotopic (exact) mass is 182 g/mol. The van der Waals surface area contributed by atoms with Crippen LogP contribution in [0.1, 0.15) is 5.56 Å². The molecular weight excluding hydrogens is 171 g/mol. The standard InChI is InChI=1S/C9H11FN2O/c1-12-9(13)4-6-2-3-7(11)5-8(6)10/h2-3,5H,4,11H2,1H3,(H,12,13). The number of likely N-dealkylation sites (N-methyl/N-ethyl adjacent to an activating group) is 1. The molecule has 0 aliphatic heterocycles. The van der Waals surface area contributed by atoms with Gasteiger partial charge in [-0.15, -0.1) is 0 Å². The molecule has 0 radical (unpaired) electrons. The highest BCUT2D eigenvalue weighted by Gasteiger charge is 2.06. The van der Waals surface area contributed by atoms with Gasteiger partial charge in [-0.1, -0.05) is 6.07 Å². The molecule has 70 valence electrons. The maximum atomic E-state index is 13.1. The number of nitrogen functional groups attached to an aromatic ring is 1. The highest BCUT2D eigenvalue weighted by Crippen LogP contribution is 2.11. The van der Waals surface area contributed by atoms with Crippen molar-refractivity contribution in [2.45, 2.75) is 6.42 Å². The van der Waals surface area contributed by atoms with Gasteiger partial charge in [0.1, 0.15) is 5.82 Å². The van der Waals surface area contributed by atoms with Gasteiger partial charge in [0.25, 0.3) is 0 Å². The van der Waals surface area contributed by atoms with Crippen LogP contribution < -0.4 is 11.1 Å². The smallest absolute Gasteiger partial charge is 0.224 e. The van der Waals surface area contributed by atoms with Crippen LogP contribution in [0.5, 0.6) is 0 Å². The van der Waals surface area contributed by atoms with E-state index in [1.165, 1.54) is 19.2 Å². The van der Waals surface area contributed by atoms with Gasteiger partial charge in [-0.2, -0.15) is 0 Å². The van der Waals surface area contributed by atoms with Gasteiger partial charge >= 0.3 is 0 Å². The second-order valence-corrected chi connectivity index (χ2v) is 2.70. The minimum absolute atomic E-state index is 0.0443. The first kappa shape index (κ1) is 9.51. The van der Waals surface area contributed by atoms with Crippen molar-refractivity contribution in [1.82, 2.24) is 5.32 Å². The Morgan fingerprint density at radius 2 is 2.31 bits per heavy atom. The normalized spacial score (nSPS) is 9.69. The van der Waals surface area contributed by atoms with E-state index in [9.17, 15) is 9.18 Å². The van der Waals surface area contributed by atoms with Crippen molar-refractivity contribution in [3.05, 3.63) is 29.6 Å². The maximum Gasteiger partial charge on any atom is 0.224 e. The number of carbonyl (C=O) groups is 1. The summed E-state index contributed by atoms with van der Waals surface area (Å²) in [4.78, 5) is 10.9. The lowest BCUT2D eigenvalue weighted by atomic mass is 10.1. The molecular formula is C9H11FN2O. The van der Waals surface area contributed by atoms with Crippen molar-refractivity contribution in [3.63, 3.8) is 0 Å². The lowest BCUT2D eigenvalue weighted by molar-refractivity contribution is -0.120. The van der Waals surface area contributed by atoms with Gasteiger partial charge in [-0.25, -0.2) is 4.39 Å². The van der Waals surface area contributed by atoms with Gasteiger partial charge < -0.3 is 11.1 Å². The molecule has 0 saturated carbocycles. The minimum Gasteiger partial charge on any atom is -0.399 e. The summed E-state index contributed by atoms with van der Waals surface area (Å²) in [5, 5.41) is 2.42. The first-order valence-corrected chi connectivity index (χ1v) is 3.88. The number of nitrogens with one attached hydrogen (secondary N) is 1. The van der Waals surface area contributed by atoms with Crippen LogP contribution in [0.3, 0.4) is 0 Å². The second-order valence-electron chi connectivity index (χ2n) is 2.70. The fraction of sp³-hybridized carbons (Fsp3) is 0.222. The molecule has 3 N–H and O–H groups in total. The SMILES string of the molecule is CNC(=O)Cc1ccc(N)cc1F. The van der Waals surface area contributed by atoms with E-state index in [0.29, 0.717) is 11.3 Å². The number of halogens is 1. The molecule has 0 aliphatic rings. The van der Waals surface area contributed by atoms with Gasteiger partial charge in [0, 0.05) is 12.7 Å². The summed E-state index contributed by atoms with van der Waals surface area (Å²) in [6.45, 7) is 0. The quantitative estimate of drug-likeness (QED) is 0.661. The van der Waals surface area contributed by atoms with E-state index >= 15 is 0 Å². The predicted octanol–water partition coefficient (Wildman–Crippen LogP) is 0.696. The summed E-state index contributed by atoms with van der Waals surface area (Å²) >= 11 is 0. The summed E-state index contributed by atoms with van der Waals surface area (Å²) in [6, 6.07) is 4.29. The number of nitrogens with two attached hydrogens (primary N) is 1. The van der Waals surface area contributed by atoms with Crippen molar-refractivity contribution in [2.24, 2.45) is 0 Å². The lowest BCUT2D eigenvalue weighted by Gasteiger charge is -2.02. The fourth-order valence-electron chi connectivity index (χ4n) is 0.968. The topological polar surface area (TPSA) is 55.1 Å². The molecule has 0 bridgehead atoms. The number of rotatable bonds is 2. The third-order valence-electron chi connectivity index (χ3n) is 1.71. The number of benzene rings is 1. The third-order valence-corrected chi connectivity index (χ3v) is 1.71. The molecule has 0 fully saturated rings. The Morgan fingerprint density at radius 3 is 2.85 bits per heavy atom. The van der Waals surface area contributed by atoms with Crippen molar-refractivity contribution in [3.8, 4) is 0 Å². The molecule has 0 unspecified atom stereocenters. The first-order chi connectivity index (χ1) is 6.13. The zero-order valence-corrected chi connectivity index (χ0v) is 7.30. The van der Waals surface area contributed by atoms with E-state index in [2.05, 4.69) is 5.32 Å². The van der Waals surface area contributed by atoms with Crippen LogP contribution >= 0.6 is 0 Å². The molecule has 0 saturated heterocycles. The third kappa shape index (κ3) is 2.43. The number of amides is 1. The Hall–Kier alpha value is -1.58. The highest BCUT2D eigenvalue weighted by atomic mass is 19.1. The molecule has 0 heterocycles. The fourth-order valence-corrected chi connectivity index (χ4v) is 0.968. The van der Waals surface area contributed by atoms with Crippen LogP contribution in [0.15, 0.2) is 18.2 Å². The summed E-state index contributed by atoms with van der Waals surface area (Å²) in [7, 11) is 1.51. The molecule has 1 amide bonds. The van der Waals surface area contributed by atoms with Gasteiger partial charge in [0.2, 0.25) is 5.91 Å². The molecule has 1 aromatic rings. The van der Waals surface area contributed by atoms with Crippen molar-refractivity contribution in [2.75, 3.05) is 12.8 Å². The van der Waals surface area contributed by atoms with Gasteiger partial charge in [-0.05, 0) is 17.7 Å². The molecule has 1 aromatic carbocycles. The number of hydrogen-bond acceptors (Lipinski definition) is 2. The van der Waals surface area contributed by atoms with Crippen LogP contribution in [0.25, 0.3) is 0 Å². The van der Waals surface area contributed by atoms with E-state index in [4.69, 9.17) is 5.73 Å². The van der Waals surface area contributed by atoms with E-state index in [1.54, 1.807) is 6.07 Å². The molecule has 4 heteroatoms. The average Bonchev–Trinajstić information content (AvgIpc) is 2.09. The minimum atomic E-state index is -0.441. The van der Waals surface area contributed by atoms with Gasteiger partial charge in [0.15, 0.2) is 0 Å². The van der Waals surface area contributed by atoms with Gasteiger partial charge in [0.05, 0.1) is 6.42 Å². The van der Waals surface area contributed by atoms with Crippen LogP contribution in [0, 0.1) is 5.82 Å². The van der Waals surface area contributed by atoms with Crippen LogP contribution in [0.2, 0.25) is 0 Å². The van der Waals surface area contributed by atoms with Crippen LogP contribution in [0.4, 0.5) is 10.1 Å². The number of hydrogen-bond donors (Lipinski definition) is 2. The van der Waals surface area contributed by atoms with E-state index in [0.717, 1.165) is 0 Å². The Balaban J connectivity index is 2.83. The Kier molecular flexibility index (Phi) is 2.84. The van der Waals surface area contributed by atoms with Crippen LogP contribution in [-0.4, -0.2) is 13.0 Å². The molecule has 0 atom stereocenters. The second kappa shape index (κ2) is 3.89. The van der Waals surface area contributed by atoms with Crippen LogP contribution in [-0.2, 0) is 11.2 Å². The summed E-state index contributed by atoms with van der Waals surface area (Å²) in [5.74, 6) is -0.660. The van der Waals surface area contributed by atoms with Crippen molar-refractivity contribution >= 4 is 11.6 Å². The summed E-state index contributed by atoms with van der Waals surface area (Å²) < 4.78 is 13.1. The molecule has 13 heavy (non-hydrogen) atoms. The van der Waals surface area contributed by atoms with E-state index in [-0.39, 0.29) is 12.3 Å². The van der Waals surface area contributed by atoms with E-state index in [1.807, 2.05) is 0 Å². The largest absolute Gasteiger partial charge is 0.399 e. The Bertz CT molecular complexity index is 325. The Labute approximate surface area is 75.7 Å². The van der Waals surface area contributed by atoms with Gasteiger partial charge in [-0.3, -0.25) is 4.79 Å². The molecule has 0 aliphatic carbocycles. The van der Waals surface area contributed by atoms with E-state index < -0.39 is 5.82 Å². The van der Waals surface area contributed by atoms with Crippen molar-refractivity contribution < 1.29 is 9.18 Å². The lowest BCUT2D eigenvalue weighted by Crippen LogP contribution is -2.20. The summed E-state index contributed by atoms with van der Waals surface area (Å²) in [5.41, 5.74) is 6.06. The molecule has 3 nitrogen and oxygen atoms in total. The van der Waals surface area contributed by atoms with Crippen molar-refractivity contribution in [1.29, 1.82) is 0 Å². The number of anilines is 1. The number of carbonyl (C=O) groups excluding carboxylic acids is 1. The molecule has 0 spiro atoms. The predicted molar refractivity (Wildman–Crippen MR) is 48.6 cm³/mol. The molecule has 1 rings (SSSR count). The zero-order chi connectivity index (χ0) is 9.84. The zero-order valence-electron chi connectivity index (χ0n) is 7.30. The first-order valence-electron chi connectivity index (χ1n) is 3.88. The Morgan fingerprint density at radius 1 is 1.62 bits per heavy atom. The summed E-state index contributed by atoms with van der Waals surface area (Å²) in [6.07, 6.45) is 0.0443.